The normalized spacial score (nSPS) is 29.2. The minimum Gasteiger partial charge on any atom is -0.497 e. The topological polar surface area (TPSA) is 335 Å². The number of aryl methyl sites for hydroxylation is 2. The summed E-state index contributed by atoms with van der Waals surface area (Å²) in [6.07, 6.45) is 0.660. The first kappa shape index (κ1) is 94.6. The van der Waals surface area contributed by atoms with E-state index in [1.165, 1.54) is 9.80 Å². The summed E-state index contributed by atoms with van der Waals surface area (Å²) in [6.45, 7) is 8.69. The summed E-state index contributed by atoms with van der Waals surface area (Å²) < 4.78 is 211. The van der Waals surface area contributed by atoms with Crippen LogP contribution in [0.4, 0.5) is 35.1 Å². The Morgan fingerprint density at radius 3 is 1.26 bits per heavy atom. The number of nitrogens with one attached hydrogen (secondary N) is 2. The Labute approximate surface area is 728 Å². The SMILES string of the molecule is CC[C@@H]1C[C@@H](C)CC/C=C\[C@@H]2C[C@@]2(C(=O)NS(=O)(=O)C2(CF)CC2)CC(=O)[C@@H]2C[C@@H](Oc3nc4c(c5cc(OC)ccc35)CCCO4)CN2C(=O)[C@H]1CC(=O)OC(C)(C)C(F)(F)F.CC[C@@H]1C[C@H](C)CC/C=C\[C@@H]2C[C@@]2(C(=O)NS(=O)(=O)C2(CF)CC2)CC(=O)[C@@H]2C[C@@H](Oc3nc4c(c5cc(OC)ccc35)CCCO4)CN2C(=O)[C@H]1CC(=O)OC(C)(C)C(F)(F)F. The Kier molecular flexibility index (Phi) is 27.4. The predicted molar refractivity (Wildman–Crippen MR) is 444 cm³/mol. The number of methoxy groups -OCH3 is 2. The average molecular weight is 1820 g/mol. The van der Waals surface area contributed by atoms with E-state index in [0.29, 0.717) is 111 Å². The van der Waals surface area contributed by atoms with Crippen LogP contribution in [0.1, 0.15) is 208 Å². The highest BCUT2D eigenvalue weighted by Gasteiger charge is 2.66. The highest BCUT2D eigenvalue weighted by molar-refractivity contribution is 7.92. The smallest absolute Gasteiger partial charge is 0.427 e. The zero-order valence-corrected chi connectivity index (χ0v) is 74.3. The number of carbonyl (C=O) groups is 8. The molecule has 14 atom stereocenters. The van der Waals surface area contributed by atoms with E-state index in [0.717, 1.165) is 62.4 Å². The van der Waals surface area contributed by atoms with Gasteiger partial charge in [0.1, 0.15) is 46.6 Å². The van der Waals surface area contributed by atoms with E-state index in [2.05, 4.69) is 9.44 Å². The molecule has 8 heterocycles. The zero-order chi connectivity index (χ0) is 91.4. The molecule has 14 rings (SSSR count). The second-order valence-electron chi connectivity index (χ2n) is 37.4. The molecule has 10 aliphatic rings. The van der Waals surface area contributed by atoms with Gasteiger partial charge in [0.2, 0.25) is 78.4 Å². The van der Waals surface area contributed by atoms with Crippen molar-refractivity contribution < 1.29 is 128 Å². The summed E-state index contributed by atoms with van der Waals surface area (Å²) in [5.74, 6) is -8.98. The highest BCUT2D eigenvalue weighted by Crippen LogP contribution is 2.60. The number of carbonyl (C=O) groups excluding carboxylic acids is 8. The van der Waals surface area contributed by atoms with E-state index in [9.17, 15) is 80.7 Å². The van der Waals surface area contributed by atoms with Crippen LogP contribution < -0.4 is 37.9 Å². The fourth-order valence-electron chi connectivity index (χ4n) is 19.0. The molecule has 0 radical (unpaired) electrons. The minimum atomic E-state index is -4.89. The van der Waals surface area contributed by atoms with Crippen LogP contribution in [-0.4, -0.2) is 195 Å². The van der Waals surface area contributed by atoms with Crippen LogP contribution in [-0.2, 0) is 80.7 Å². The third kappa shape index (κ3) is 19.5. The molecule has 4 aromatic rings. The molecule has 126 heavy (non-hydrogen) atoms. The number of pyridine rings is 2. The van der Waals surface area contributed by atoms with Crippen LogP contribution in [0.15, 0.2) is 60.7 Å². The van der Waals surface area contributed by atoms with Gasteiger partial charge >= 0.3 is 24.3 Å². The van der Waals surface area contributed by atoms with Crippen molar-refractivity contribution >= 4 is 88.7 Å². The molecular weight excluding hydrogens is 1700 g/mol. The van der Waals surface area contributed by atoms with Crippen molar-refractivity contribution in [3.8, 4) is 35.0 Å². The standard InChI is InChI=1S/2C45H57F4N3O10S/c2*1-6-27-18-26(2)10-7-8-11-28-22-44(28,41(56)51-63(57,58)43(25-46)15-16-43)23-36(53)35-20-30(24-52(35)40(55)33(27)21-37(54)62-42(3,4)45(47,48)49)61-39-32-14-13-29(59-5)19-34(32)31-12-9-17-60-38(31)50-39/h2*8,11,13-14,19,26-28,30,33,35H,6-7,9-10,12,15-18,20-25H2,1-5H3,(H,51,56)/b2*11-8-/t26-,27+,28+,30+,33-,35-,44+;26-,27-,28-,30-,33+,35+,44-/m01/s1. The van der Waals surface area contributed by atoms with Crippen molar-refractivity contribution in [3.05, 3.63) is 71.8 Å². The largest absolute Gasteiger partial charge is 0.497 e. The van der Waals surface area contributed by atoms with Crippen molar-refractivity contribution in [2.24, 2.45) is 58.2 Å². The average Bonchev–Trinajstić information content (AvgIpc) is 1.56. The Bertz CT molecular complexity index is 4840. The molecule has 6 fully saturated rings. The Morgan fingerprint density at radius 1 is 0.556 bits per heavy atom. The fourth-order valence-corrected chi connectivity index (χ4v) is 21.9. The molecule has 0 bridgehead atoms. The Hall–Kier alpha value is -8.96. The van der Waals surface area contributed by atoms with Gasteiger partial charge < -0.3 is 47.7 Å². The number of amides is 4. The highest BCUT2D eigenvalue weighted by atomic mass is 32.2. The number of ketones is 2. The van der Waals surface area contributed by atoms with Crippen LogP contribution in [0.3, 0.4) is 0 Å². The lowest BCUT2D eigenvalue weighted by Crippen LogP contribution is -2.49. The molecular formula is C90H114F8N6O20S2. The number of fused-ring (bicyclic) bond motifs is 10. The number of rotatable bonds is 22. The van der Waals surface area contributed by atoms with E-state index < -0.39 is 210 Å². The first-order valence-electron chi connectivity index (χ1n) is 43.8. The van der Waals surface area contributed by atoms with Crippen molar-refractivity contribution in [1.29, 1.82) is 0 Å². The predicted octanol–water partition coefficient (Wildman–Crippen LogP) is 14.2. The van der Waals surface area contributed by atoms with Gasteiger partial charge in [0.25, 0.3) is 0 Å². The molecule has 2 aromatic heterocycles. The summed E-state index contributed by atoms with van der Waals surface area (Å²) in [5.41, 5.74) is -6.98. The van der Waals surface area contributed by atoms with E-state index >= 15 is 9.59 Å². The van der Waals surface area contributed by atoms with Crippen molar-refractivity contribution in [2.45, 2.75) is 267 Å². The number of alkyl halides is 8. The maximum atomic E-state index is 15.1. The lowest BCUT2D eigenvalue weighted by molar-refractivity contribution is -0.257. The molecule has 4 saturated carbocycles. The van der Waals surface area contributed by atoms with Crippen LogP contribution >= 0.6 is 0 Å². The van der Waals surface area contributed by atoms with Gasteiger partial charge in [-0.05, 0) is 213 Å². The zero-order valence-electron chi connectivity index (χ0n) is 72.7. The number of halogens is 8. The molecule has 4 amide bonds. The maximum Gasteiger partial charge on any atom is 0.427 e. The van der Waals surface area contributed by atoms with Gasteiger partial charge in [-0.3, -0.25) is 47.8 Å². The van der Waals surface area contributed by atoms with Gasteiger partial charge in [-0.2, -0.15) is 36.3 Å². The summed E-state index contributed by atoms with van der Waals surface area (Å²) >= 11 is 0. The number of aromatic nitrogens is 2. The number of Topliss-reactive ketones (excluding diaryl/α,β-unsaturated/α-hetero) is 2. The van der Waals surface area contributed by atoms with Crippen LogP contribution in [0.2, 0.25) is 0 Å². The van der Waals surface area contributed by atoms with Gasteiger partial charge in [-0.25, -0.2) is 25.6 Å². The van der Waals surface area contributed by atoms with E-state index in [-0.39, 0.29) is 88.1 Å². The van der Waals surface area contributed by atoms with E-state index in [4.69, 9.17) is 47.9 Å². The second-order valence-corrected chi connectivity index (χ2v) is 41.6. The Morgan fingerprint density at radius 2 is 0.929 bits per heavy atom. The van der Waals surface area contributed by atoms with E-state index in [1.807, 2.05) is 52.0 Å². The summed E-state index contributed by atoms with van der Waals surface area (Å²) in [7, 11) is -5.77. The van der Waals surface area contributed by atoms with Gasteiger partial charge in [0.05, 0.1) is 88.1 Å². The third-order valence-corrected chi connectivity index (χ3v) is 32.1. The van der Waals surface area contributed by atoms with Gasteiger partial charge in [-0.1, -0.05) is 64.8 Å². The summed E-state index contributed by atoms with van der Waals surface area (Å²) in [6, 6.07) is 8.28. The number of esters is 2. The number of hydrogen-bond donors (Lipinski definition) is 2. The lowest BCUT2D eigenvalue weighted by atomic mass is 9.79. The monoisotopic (exact) mass is 1810 g/mol. The quantitative estimate of drug-likeness (QED) is 0.0419. The molecule has 0 unspecified atom stereocenters. The number of nitrogens with zero attached hydrogens (tertiary/aromatic N) is 4. The van der Waals surface area contributed by atoms with Crippen molar-refractivity contribution in [2.75, 3.05) is 53.9 Å². The third-order valence-electron chi connectivity index (χ3n) is 27.8. The molecule has 692 valence electrons. The summed E-state index contributed by atoms with van der Waals surface area (Å²) in [5, 5.41) is 2.82. The van der Waals surface area contributed by atoms with Crippen molar-refractivity contribution in [3.63, 3.8) is 0 Å². The maximum absolute atomic E-state index is 15.1. The molecule has 2 aromatic carbocycles. The number of allylic oxidation sites excluding steroid dienone is 4. The molecule has 2 N–H and O–H groups in total. The first-order valence-corrected chi connectivity index (χ1v) is 46.7. The number of ether oxygens (including phenoxy) is 8. The van der Waals surface area contributed by atoms with Crippen LogP contribution in [0.25, 0.3) is 21.5 Å². The molecule has 36 heteroatoms. The molecule has 0 spiro atoms. The van der Waals surface area contributed by atoms with E-state index in [1.54, 1.807) is 50.6 Å². The number of sulfonamides is 2. The number of hydrogen-bond acceptors (Lipinski definition) is 22. The summed E-state index contributed by atoms with van der Waals surface area (Å²) in [4.78, 5) is 127. The number of benzene rings is 2. The fraction of sp³-hybridized carbons (Fsp3) is 0.667. The lowest BCUT2D eigenvalue weighted by Gasteiger charge is -2.34. The van der Waals surface area contributed by atoms with Gasteiger partial charge in [0, 0.05) is 47.6 Å². The minimum absolute atomic E-state index is 0.0215. The molecule has 26 nitrogen and oxygen atoms in total. The van der Waals surface area contributed by atoms with Crippen molar-refractivity contribution in [1.82, 2.24) is 29.2 Å². The van der Waals surface area contributed by atoms with Gasteiger partial charge in [0.15, 0.2) is 11.6 Å². The van der Waals surface area contributed by atoms with Crippen LogP contribution in [0.5, 0.6) is 35.0 Å². The molecule has 2 saturated heterocycles. The van der Waals surface area contributed by atoms with Crippen LogP contribution in [0, 0.1) is 58.2 Å². The Balaban J connectivity index is 0.000000216. The molecule has 4 aliphatic carbocycles. The first-order chi connectivity index (χ1) is 59.3. The van der Waals surface area contributed by atoms with Gasteiger partial charge in [-0.15, -0.1) is 0 Å². The molecule has 6 aliphatic heterocycles. The second kappa shape index (κ2) is 36.5.